The molecular formula is C25H20N2O4S. The molecule has 0 unspecified atom stereocenters. The molecule has 0 spiro atoms. The summed E-state index contributed by atoms with van der Waals surface area (Å²) in [7, 11) is 0. The molecule has 6 nitrogen and oxygen atoms in total. The minimum Gasteiger partial charge on any atom is -0.490 e. The Balaban J connectivity index is 1.52. The highest BCUT2D eigenvalue weighted by atomic mass is 32.1. The second-order valence-corrected chi connectivity index (χ2v) is 7.68. The zero-order chi connectivity index (χ0) is 22.3. The van der Waals surface area contributed by atoms with Crippen LogP contribution in [0, 0.1) is 0 Å². The van der Waals surface area contributed by atoms with E-state index >= 15 is 0 Å². The van der Waals surface area contributed by atoms with Crippen LogP contribution < -0.4 is 14.9 Å². The number of fused-ring (bicyclic) bond motifs is 1. The molecule has 0 aliphatic carbocycles. The predicted octanol–water partition coefficient (Wildman–Crippen LogP) is 5.28. The van der Waals surface area contributed by atoms with Crippen molar-refractivity contribution in [2.24, 2.45) is 5.10 Å². The van der Waals surface area contributed by atoms with Crippen molar-refractivity contribution in [2.75, 3.05) is 6.61 Å². The minimum absolute atomic E-state index is 0.276. The van der Waals surface area contributed by atoms with Gasteiger partial charge in [0.25, 0.3) is 5.91 Å². The van der Waals surface area contributed by atoms with Crippen LogP contribution in [0.15, 0.2) is 83.3 Å². The Labute approximate surface area is 189 Å². The van der Waals surface area contributed by atoms with Crippen molar-refractivity contribution in [3.8, 4) is 11.5 Å². The molecule has 0 aliphatic heterocycles. The van der Waals surface area contributed by atoms with Crippen LogP contribution in [0.4, 0.5) is 0 Å². The van der Waals surface area contributed by atoms with E-state index in [1.807, 2.05) is 48.7 Å². The van der Waals surface area contributed by atoms with Gasteiger partial charge in [0.1, 0.15) is 0 Å². The average molecular weight is 445 g/mol. The van der Waals surface area contributed by atoms with Crippen molar-refractivity contribution >= 4 is 40.2 Å². The quantitative estimate of drug-likeness (QED) is 0.182. The number of rotatable bonds is 7. The number of amides is 1. The Bertz CT molecular complexity index is 1280. The molecule has 0 bridgehead atoms. The summed E-state index contributed by atoms with van der Waals surface area (Å²) < 4.78 is 11.3. The fourth-order valence-corrected chi connectivity index (χ4v) is 3.76. The van der Waals surface area contributed by atoms with Crippen molar-refractivity contribution in [1.29, 1.82) is 0 Å². The summed E-state index contributed by atoms with van der Waals surface area (Å²) in [5, 5.41) is 7.60. The van der Waals surface area contributed by atoms with Gasteiger partial charge in [-0.2, -0.15) is 5.10 Å². The first-order valence-electron chi connectivity index (χ1n) is 9.99. The van der Waals surface area contributed by atoms with E-state index in [0.29, 0.717) is 34.1 Å². The van der Waals surface area contributed by atoms with E-state index in [-0.39, 0.29) is 5.91 Å². The van der Waals surface area contributed by atoms with Gasteiger partial charge in [-0.25, -0.2) is 10.2 Å². The van der Waals surface area contributed by atoms with Gasteiger partial charge in [-0.05, 0) is 59.0 Å². The Morgan fingerprint density at radius 3 is 2.66 bits per heavy atom. The van der Waals surface area contributed by atoms with Crippen LogP contribution >= 0.6 is 11.3 Å². The van der Waals surface area contributed by atoms with Crippen LogP contribution in [-0.4, -0.2) is 24.7 Å². The van der Waals surface area contributed by atoms with Gasteiger partial charge >= 0.3 is 5.97 Å². The number of hydrogen-bond acceptors (Lipinski definition) is 6. The number of esters is 1. The summed E-state index contributed by atoms with van der Waals surface area (Å²) in [6.45, 7) is 2.24. The van der Waals surface area contributed by atoms with E-state index in [1.165, 1.54) is 17.6 Å². The molecule has 32 heavy (non-hydrogen) atoms. The number of carbonyl (C=O) groups is 2. The highest BCUT2D eigenvalue weighted by Gasteiger charge is 2.15. The van der Waals surface area contributed by atoms with Crippen molar-refractivity contribution in [1.82, 2.24) is 5.43 Å². The number of hydrogen-bond donors (Lipinski definition) is 1. The van der Waals surface area contributed by atoms with E-state index in [4.69, 9.17) is 9.47 Å². The van der Waals surface area contributed by atoms with E-state index < -0.39 is 5.97 Å². The number of benzene rings is 3. The molecule has 1 aromatic heterocycles. The second kappa shape index (κ2) is 9.89. The van der Waals surface area contributed by atoms with Gasteiger partial charge in [0.2, 0.25) is 0 Å². The SMILES string of the molecule is CCOc1cc(C=NNC(=O)c2cccs2)ccc1OC(=O)c1cccc2ccccc12. The molecule has 3 aromatic carbocycles. The Kier molecular flexibility index (Phi) is 6.57. The largest absolute Gasteiger partial charge is 0.490 e. The van der Waals surface area contributed by atoms with E-state index in [2.05, 4.69) is 10.5 Å². The highest BCUT2D eigenvalue weighted by molar-refractivity contribution is 7.12. The maximum absolute atomic E-state index is 12.9. The standard InChI is InChI=1S/C25H20N2O4S/c1-2-30-22-15-17(16-26-27-24(28)23-11-6-14-32-23)12-13-21(22)31-25(29)20-10-5-8-18-7-3-4-9-19(18)20/h3-16H,2H2,1H3,(H,27,28). The third-order valence-electron chi connectivity index (χ3n) is 4.60. The molecule has 0 atom stereocenters. The van der Waals surface area contributed by atoms with Crippen LogP contribution in [-0.2, 0) is 0 Å². The molecule has 0 saturated heterocycles. The number of hydrazone groups is 1. The summed E-state index contributed by atoms with van der Waals surface area (Å²) in [5.74, 6) is -0.0199. The number of nitrogens with zero attached hydrogens (tertiary/aromatic N) is 1. The molecule has 1 amide bonds. The summed E-state index contributed by atoms with van der Waals surface area (Å²) in [6, 6.07) is 21.8. The van der Waals surface area contributed by atoms with E-state index in [9.17, 15) is 9.59 Å². The van der Waals surface area contributed by atoms with Crippen molar-refractivity contribution < 1.29 is 19.1 Å². The highest BCUT2D eigenvalue weighted by Crippen LogP contribution is 2.30. The fourth-order valence-electron chi connectivity index (χ4n) is 3.14. The lowest BCUT2D eigenvalue weighted by Crippen LogP contribution is -2.16. The number of nitrogens with one attached hydrogen (secondary N) is 1. The molecule has 160 valence electrons. The Morgan fingerprint density at radius 1 is 1.00 bits per heavy atom. The minimum atomic E-state index is -0.465. The fraction of sp³-hybridized carbons (Fsp3) is 0.0800. The summed E-state index contributed by atoms with van der Waals surface area (Å²) in [6.07, 6.45) is 1.50. The lowest BCUT2D eigenvalue weighted by Gasteiger charge is -2.12. The number of ether oxygens (including phenoxy) is 2. The molecular weight excluding hydrogens is 424 g/mol. The van der Waals surface area contributed by atoms with Gasteiger partial charge in [-0.3, -0.25) is 4.79 Å². The van der Waals surface area contributed by atoms with Crippen molar-refractivity contribution in [2.45, 2.75) is 6.92 Å². The van der Waals surface area contributed by atoms with Gasteiger partial charge in [-0.15, -0.1) is 11.3 Å². The van der Waals surface area contributed by atoms with E-state index in [1.54, 1.807) is 36.4 Å². The van der Waals surface area contributed by atoms with E-state index in [0.717, 1.165) is 10.8 Å². The number of thiophene rings is 1. The molecule has 1 heterocycles. The first-order valence-corrected chi connectivity index (χ1v) is 10.9. The topological polar surface area (TPSA) is 77.0 Å². The monoisotopic (exact) mass is 444 g/mol. The second-order valence-electron chi connectivity index (χ2n) is 6.73. The van der Waals surface area contributed by atoms with Crippen LogP contribution in [0.25, 0.3) is 10.8 Å². The first kappa shape index (κ1) is 21.3. The van der Waals surface area contributed by atoms with Gasteiger partial charge in [0.15, 0.2) is 11.5 Å². The lowest BCUT2D eigenvalue weighted by atomic mass is 10.0. The third kappa shape index (κ3) is 4.84. The number of carbonyl (C=O) groups excluding carboxylic acids is 2. The molecule has 0 saturated carbocycles. The van der Waals surface area contributed by atoms with Crippen LogP contribution in [0.1, 0.15) is 32.5 Å². The maximum atomic E-state index is 12.9. The zero-order valence-electron chi connectivity index (χ0n) is 17.3. The average Bonchev–Trinajstić information content (AvgIpc) is 3.35. The summed E-state index contributed by atoms with van der Waals surface area (Å²) >= 11 is 1.34. The van der Waals surface area contributed by atoms with Crippen LogP contribution in [0.3, 0.4) is 0 Å². The summed E-state index contributed by atoms with van der Waals surface area (Å²) in [4.78, 5) is 25.4. The molecule has 0 aliphatic rings. The predicted molar refractivity (Wildman–Crippen MR) is 126 cm³/mol. The molecule has 4 aromatic rings. The van der Waals surface area contributed by atoms with Crippen molar-refractivity contribution in [3.05, 3.63) is 94.2 Å². The first-order chi connectivity index (χ1) is 15.7. The Hall–Kier alpha value is -3.97. The molecule has 7 heteroatoms. The molecule has 0 radical (unpaired) electrons. The van der Waals surface area contributed by atoms with Crippen LogP contribution in [0.5, 0.6) is 11.5 Å². The van der Waals surface area contributed by atoms with Gasteiger partial charge in [-0.1, -0.05) is 42.5 Å². The smallest absolute Gasteiger partial charge is 0.344 e. The summed E-state index contributed by atoms with van der Waals surface area (Å²) in [5.41, 5.74) is 3.65. The zero-order valence-corrected chi connectivity index (χ0v) is 18.1. The normalized spacial score (nSPS) is 10.9. The third-order valence-corrected chi connectivity index (χ3v) is 5.47. The lowest BCUT2D eigenvalue weighted by molar-refractivity contribution is 0.0730. The Morgan fingerprint density at radius 2 is 1.84 bits per heavy atom. The molecule has 1 N–H and O–H groups in total. The van der Waals surface area contributed by atoms with Gasteiger partial charge < -0.3 is 9.47 Å². The molecule has 0 fully saturated rings. The van der Waals surface area contributed by atoms with Crippen molar-refractivity contribution in [3.63, 3.8) is 0 Å². The van der Waals surface area contributed by atoms with Crippen LogP contribution in [0.2, 0.25) is 0 Å². The van der Waals surface area contributed by atoms with Gasteiger partial charge in [0, 0.05) is 0 Å². The molecule has 4 rings (SSSR count). The maximum Gasteiger partial charge on any atom is 0.344 e. The van der Waals surface area contributed by atoms with Gasteiger partial charge in [0.05, 0.1) is 23.3 Å².